The van der Waals surface area contributed by atoms with E-state index in [1.165, 1.54) is 6.20 Å². The molecule has 8 nitrogen and oxygen atoms in total. The molecule has 0 aromatic rings. The number of nitriles is 1. The molecular weight excluding hydrogens is 310 g/mol. The number of primary amides is 1. The molecule has 0 bridgehead atoms. The van der Waals surface area contributed by atoms with Gasteiger partial charge in [0.1, 0.15) is 11.6 Å². The molecule has 0 aromatic carbocycles. The van der Waals surface area contributed by atoms with Gasteiger partial charge in [-0.2, -0.15) is 5.26 Å². The zero-order valence-electron chi connectivity index (χ0n) is 13.4. The molecule has 0 atom stereocenters. The number of rotatable bonds is 6. The van der Waals surface area contributed by atoms with Crippen LogP contribution in [0.25, 0.3) is 0 Å². The van der Waals surface area contributed by atoms with Crippen LogP contribution in [0.3, 0.4) is 0 Å². The van der Waals surface area contributed by atoms with Gasteiger partial charge < -0.3 is 16.4 Å². The van der Waals surface area contributed by atoms with Crippen LogP contribution in [0, 0.1) is 22.7 Å². The Morgan fingerprint density at radius 2 is 2.00 bits per heavy atom. The third-order valence-corrected chi connectivity index (χ3v) is 4.44. The van der Waals surface area contributed by atoms with Gasteiger partial charge in [0, 0.05) is 25.0 Å². The fourth-order valence-corrected chi connectivity index (χ4v) is 2.66. The number of hydrogen-bond donors (Lipinski definition) is 4. The van der Waals surface area contributed by atoms with Crippen molar-refractivity contribution in [2.75, 3.05) is 0 Å². The van der Waals surface area contributed by atoms with Gasteiger partial charge in [-0.3, -0.25) is 19.8 Å². The van der Waals surface area contributed by atoms with Gasteiger partial charge in [-0.1, -0.05) is 0 Å². The van der Waals surface area contributed by atoms with Gasteiger partial charge in [-0.05, 0) is 25.7 Å². The molecular formula is C16H21N5O3. The van der Waals surface area contributed by atoms with Gasteiger partial charge in [-0.15, -0.1) is 0 Å². The molecule has 0 heterocycles. The summed E-state index contributed by atoms with van der Waals surface area (Å²) in [6, 6.07) is 2.09. The van der Waals surface area contributed by atoms with E-state index in [0.29, 0.717) is 25.7 Å². The van der Waals surface area contributed by atoms with Crippen LogP contribution >= 0.6 is 0 Å². The molecule has 8 heteroatoms. The van der Waals surface area contributed by atoms with E-state index in [4.69, 9.17) is 16.4 Å². The molecule has 2 rings (SSSR count). The number of carbonyl (C=O) groups excluding carboxylic acids is 3. The summed E-state index contributed by atoms with van der Waals surface area (Å²) >= 11 is 0. The lowest BCUT2D eigenvalue weighted by molar-refractivity contribution is -0.122. The van der Waals surface area contributed by atoms with Gasteiger partial charge in [0.05, 0.1) is 23.6 Å². The van der Waals surface area contributed by atoms with Crippen molar-refractivity contribution in [1.29, 1.82) is 10.7 Å². The number of nitrogens with zero attached hydrogens (tertiary/aromatic N) is 1. The Bertz CT molecular complexity index is 633. The zero-order valence-corrected chi connectivity index (χ0v) is 13.4. The number of ketones is 1. The van der Waals surface area contributed by atoms with E-state index in [0.717, 1.165) is 12.8 Å². The summed E-state index contributed by atoms with van der Waals surface area (Å²) < 4.78 is 0. The molecule has 5 N–H and O–H groups in total. The lowest BCUT2D eigenvalue weighted by Gasteiger charge is -2.35. The Hall–Kier alpha value is -2.69. The molecule has 0 aromatic heterocycles. The SMILES string of the molecule is N#CCC1(N/C=C(\C(=N)NC(=O)C2CC2)C(N)=O)CCC(=O)CC1. The van der Waals surface area contributed by atoms with Crippen molar-refractivity contribution in [2.45, 2.75) is 50.5 Å². The number of amidine groups is 1. The molecule has 2 aliphatic rings. The van der Waals surface area contributed by atoms with Crippen molar-refractivity contribution in [1.82, 2.24) is 10.6 Å². The summed E-state index contributed by atoms with van der Waals surface area (Å²) in [6.07, 6.45) is 4.70. The molecule has 2 amide bonds. The van der Waals surface area contributed by atoms with Gasteiger partial charge in [0.2, 0.25) is 5.91 Å². The van der Waals surface area contributed by atoms with Crippen molar-refractivity contribution in [3.05, 3.63) is 11.8 Å². The first-order valence-electron chi connectivity index (χ1n) is 7.93. The summed E-state index contributed by atoms with van der Waals surface area (Å²) in [5.41, 5.74) is 4.53. The van der Waals surface area contributed by atoms with Crippen molar-refractivity contribution >= 4 is 23.4 Å². The van der Waals surface area contributed by atoms with E-state index in [1.54, 1.807) is 0 Å². The molecule has 2 saturated carbocycles. The first-order valence-corrected chi connectivity index (χ1v) is 7.93. The van der Waals surface area contributed by atoms with Crippen LogP contribution in [0.2, 0.25) is 0 Å². The molecule has 0 spiro atoms. The van der Waals surface area contributed by atoms with Crippen molar-refractivity contribution in [3.8, 4) is 6.07 Å². The second-order valence-electron chi connectivity index (χ2n) is 6.36. The fraction of sp³-hybridized carbons (Fsp3) is 0.562. The Kier molecular flexibility index (Phi) is 5.34. The maximum atomic E-state index is 11.7. The summed E-state index contributed by atoms with van der Waals surface area (Å²) in [6.45, 7) is 0. The second kappa shape index (κ2) is 7.25. The van der Waals surface area contributed by atoms with Gasteiger partial charge >= 0.3 is 0 Å². The standard InChI is InChI=1S/C16H21N5O3/c17-8-7-16(5-3-11(22)4-6-16)20-9-12(14(19)23)13(18)21-15(24)10-1-2-10/h9-10,20H,1-7H2,(H2,19,23)(H2,18,21,24)/b12-9+. The Labute approximate surface area is 140 Å². The molecule has 0 aliphatic heterocycles. The predicted molar refractivity (Wildman–Crippen MR) is 85.4 cm³/mol. The number of hydrogen-bond acceptors (Lipinski definition) is 6. The van der Waals surface area contributed by atoms with Crippen LogP contribution in [0.4, 0.5) is 0 Å². The average molecular weight is 331 g/mol. The van der Waals surface area contributed by atoms with E-state index in [9.17, 15) is 14.4 Å². The third kappa shape index (κ3) is 4.41. The summed E-state index contributed by atoms with van der Waals surface area (Å²) in [4.78, 5) is 34.7. The minimum atomic E-state index is -0.845. The molecule has 128 valence electrons. The lowest BCUT2D eigenvalue weighted by atomic mass is 9.79. The quantitative estimate of drug-likeness (QED) is 0.312. The molecule has 0 saturated heterocycles. The predicted octanol–water partition coefficient (Wildman–Crippen LogP) is 0.244. The van der Waals surface area contributed by atoms with Crippen LogP contribution in [0.15, 0.2) is 11.8 Å². The van der Waals surface area contributed by atoms with Gasteiger partial charge in [-0.25, -0.2) is 0 Å². The van der Waals surface area contributed by atoms with Crippen molar-refractivity contribution in [3.63, 3.8) is 0 Å². The molecule has 2 fully saturated rings. The molecule has 0 unspecified atom stereocenters. The highest BCUT2D eigenvalue weighted by atomic mass is 16.2. The first-order chi connectivity index (χ1) is 11.4. The third-order valence-electron chi connectivity index (χ3n) is 4.44. The highest BCUT2D eigenvalue weighted by Gasteiger charge is 2.34. The molecule has 24 heavy (non-hydrogen) atoms. The van der Waals surface area contributed by atoms with E-state index < -0.39 is 11.4 Å². The van der Waals surface area contributed by atoms with Crippen molar-refractivity contribution < 1.29 is 14.4 Å². The maximum Gasteiger partial charge on any atom is 0.253 e. The van der Waals surface area contributed by atoms with Crippen LogP contribution in [0.1, 0.15) is 44.9 Å². The maximum absolute atomic E-state index is 11.7. The summed E-state index contributed by atoms with van der Waals surface area (Å²) in [5.74, 6) is -1.44. The van der Waals surface area contributed by atoms with Crippen LogP contribution in [-0.2, 0) is 14.4 Å². The van der Waals surface area contributed by atoms with E-state index in [-0.39, 0.29) is 35.4 Å². The molecule has 2 aliphatic carbocycles. The van der Waals surface area contributed by atoms with Crippen LogP contribution in [-0.4, -0.2) is 29.0 Å². The minimum Gasteiger partial charge on any atom is -0.384 e. The lowest BCUT2D eigenvalue weighted by Crippen LogP contribution is -2.46. The van der Waals surface area contributed by atoms with Crippen LogP contribution < -0.4 is 16.4 Å². The number of Topliss-reactive ketones (excluding diaryl/α,β-unsaturated/α-hetero) is 1. The highest BCUT2D eigenvalue weighted by molar-refractivity contribution is 6.22. The first kappa shape index (κ1) is 17.7. The zero-order chi connectivity index (χ0) is 17.7. The normalized spacial score (nSPS) is 20.0. The van der Waals surface area contributed by atoms with E-state index in [1.807, 2.05) is 0 Å². The minimum absolute atomic E-state index is 0.0956. The smallest absolute Gasteiger partial charge is 0.253 e. The number of amides is 2. The Balaban J connectivity index is 2.09. The van der Waals surface area contributed by atoms with E-state index in [2.05, 4.69) is 16.7 Å². The topological polar surface area (TPSA) is 149 Å². The fourth-order valence-electron chi connectivity index (χ4n) is 2.66. The van der Waals surface area contributed by atoms with Gasteiger partial charge in [0.25, 0.3) is 5.91 Å². The summed E-state index contributed by atoms with van der Waals surface area (Å²) in [7, 11) is 0. The van der Waals surface area contributed by atoms with E-state index >= 15 is 0 Å². The summed E-state index contributed by atoms with van der Waals surface area (Å²) in [5, 5.41) is 22.3. The number of carbonyl (C=O) groups is 3. The Morgan fingerprint density at radius 1 is 1.38 bits per heavy atom. The van der Waals surface area contributed by atoms with Crippen LogP contribution in [0.5, 0.6) is 0 Å². The second-order valence-corrected chi connectivity index (χ2v) is 6.36. The van der Waals surface area contributed by atoms with Crippen molar-refractivity contribution in [2.24, 2.45) is 11.7 Å². The number of nitrogens with two attached hydrogens (primary N) is 1. The average Bonchev–Trinajstić information content (AvgIpc) is 3.35. The number of nitrogens with one attached hydrogen (secondary N) is 3. The molecule has 0 radical (unpaired) electrons. The largest absolute Gasteiger partial charge is 0.384 e. The monoisotopic (exact) mass is 331 g/mol. The Morgan fingerprint density at radius 3 is 2.50 bits per heavy atom. The van der Waals surface area contributed by atoms with Gasteiger partial charge in [0.15, 0.2) is 0 Å². The highest BCUT2D eigenvalue weighted by Crippen LogP contribution is 2.30.